The highest BCUT2D eigenvalue weighted by Gasteiger charge is 2.38. The Hall–Kier alpha value is -1.37. The quantitative estimate of drug-likeness (QED) is 0.858. The van der Waals surface area contributed by atoms with E-state index >= 15 is 0 Å². The van der Waals surface area contributed by atoms with E-state index in [4.69, 9.17) is 11.6 Å². The van der Waals surface area contributed by atoms with Crippen LogP contribution in [0.25, 0.3) is 11.0 Å². The molecule has 2 aromatic heterocycles. The molecule has 0 saturated carbocycles. The number of β-amino-alcohol motifs (C(OH)–C–C–N with tert-alkyl or cyclic N) is 1. The molecule has 1 saturated heterocycles. The monoisotopic (exact) mass is 297 g/mol. The first-order valence-electron chi connectivity index (χ1n) is 5.77. The van der Waals surface area contributed by atoms with Gasteiger partial charge in [0.1, 0.15) is 0 Å². The first-order chi connectivity index (χ1) is 8.96. The van der Waals surface area contributed by atoms with E-state index < -0.39 is 5.60 Å². The van der Waals surface area contributed by atoms with Crippen LogP contribution in [-0.4, -0.2) is 44.0 Å². The highest BCUT2D eigenvalue weighted by atomic mass is 35.5. The van der Waals surface area contributed by atoms with Crippen LogP contribution in [0.4, 0.5) is 0 Å². The molecule has 100 valence electrons. The standard InChI is InChI=1S/C12H12ClN3O2S/c1-12(18)6-15(7-12)9(17)3-2-8-10(13)14-11-16(8)4-5-19-11/h2-5,18H,6-7H2,1H3/b3-2+. The molecule has 1 aliphatic rings. The molecule has 0 radical (unpaired) electrons. The highest BCUT2D eigenvalue weighted by Crippen LogP contribution is 2.23. The molecule has 2 aromatic rings. The van der Waals surface area contributed by atoms with Crippen molar-refractivity contribution >= 4 is 39.9 Å². The van der Waals surface area contributed by atoms with Crippen LogP contribution in [0.2, 0.25) is 5.15 Å². The van der Waals surface area contributed by atoms with E-state index in [1.807, 2.05) is 16.0 Å². The second kappa shape index (κ2) is 4.33. The van der Waals surface area contributed by atoms with E-state index in [1.165, 1.54) is 17.4 Å². The van der Waals surface area contributed by atoms with Gasteiger partial charge in [-0.2, -0.15) is 0 Å². The number of likely N-dealkylation sites (tertiary alicyclic amines) is 1. The summed E-state index contributed by atoms with van der Waals surface area (Å²) >= 11 is 7.51. The van der Waals surface area contributed by atoms with Crippen LogP contribution in [0, 0.1) is 0 Å². The molecule has 0 unspecified atom stereocenters. The minimum atomic E-state index is -0.752. The third-order valence-electron chi connectivity index (χ3n) is 3.01. The molecule has 3 rings (SSSR count). The average Bonchev–Trinajstić information content (AvgIpc) is 2.83. The summed E-state index contributed by atoms with van der Waals surface area (Å²) < 4.78 is 1.84. The van der Waals surface area contributed by atoms with Crippen LogP contribution >= 0.6 is 22.9 Å². The fourth-order valence-electron chi connectivity index (χ4n) is 2.11. The topological polar surface area (TPSA) is 57.8 Å². The van der Waals surface area contributed by atoms with Crippen molar-refractivity contribution in [1.82, 2.24) is 14.3 Å². The van der Waals surface area contributed by atoms with Gasteiger partial charge in [-0.05, 0) is 13.0 Å². The van der Waals surface area contributed by atoms with Gasteiger partial charge in [-0.15, -0.1) is 11.3 Å². The SMILES string of the molecule is CC1(O)CN(C(=O)/C=C/c2c(Cl)nc3sccn23)C1. The first-order valence-corrected chi connectivity index (χ1v) is 7.02. The number of halogens is 1. The maximum atomic E-state index is 11.9. The molecule has 1 amide bonds. The summed E-state index contributed by atoms with van der Waals surface area (Å²) in [4.78, 5) is 18.4. The summed E-state index contributed by atoms with van der Waals surface area (Å²) in [6, 6.07) is 0. The number of hydrogen-bond donors (Lipinski definition) is 1. The van der Waals surface area contributed by atoms with Gasteiger partial charge in [0.05, 0.1) is 24.4 Å². The van der Waals surface area contributed by atoms with Gasteiger partial charge in [0.25, 0.3) is 0 Å². The number of carbonyl (C=O) groups excluding carboxylic acids is 1. The normalized spacial score (nSPS) is 18.2. The summed E-state index contributed by atoms with van der Waals surface area (Å²) in [7, 11) is 0. The number of hydrogen-bond acceptors (Lipinski definition) is 4. The van der Waals surface area contributed by atoms with E-state index in [2.05, 4.69) is 4.98 Å². The smallest absolute Gasteiger partial charge is 0.246 e. The minimum Gasteiger partial charge on any atom is -0.386 e. The summed E-state index contributed by atoms with van der Waals surface area (Å²) in [6.45, 7) is 2.44. The molecule has 19 heavy (non-hydrogen) atoms. The van der Waals surface area contributed by atoms with Crippen molar-refractivity contribution in [1.29, 1.82) is 0 Å². The van der Waals surface area contributed by atoms with Crippen LogP contribution in [-0.2, 0) is 4.79 Å². The molecular weight excluding hydrogens is 286 g/mol. The van der Waals surface area contributed by atoms with Gasteiger partial charge >= 0.3 is 0 Å². The third-order valence-corrected chi connectivity index (χ3v) is 4.05. The van der Waals surface area contributed by atoms with Crippen molar-refractivity contribution in [2.45, 2.75) is 12.5 Å². The Bertz CT molecular complexity index is 666. The van der Waals surface area contributed by atoms with Crippen LogP contribution in [0.1, 0.15) is 12.6 Å². The Balaban J connectivity index is 1.77. The minimum absolute atomic E-state index is 0.132. The van der Waals surface area contributed by atoms with Gasteiger partial charge in [0.15, 0.2) is 10.1 Å². The lowest BCUT2D eigenvalue weighted by Crippen LogP contribution is -2.61. The number of aliphatic hydroxyl groups is 1. The van der Waals surface area contributed by atoms with E-state index in [0.717, 1.165) is 4.96 Å². The van der Waals surface area contributed by atoms with E-state index in [0.29, 0.717) is 23.9 Å². The van der Waals surface area contributed by atoms with Crippen molar-refractivity contribution in [3.63, 3.8) is 0 Å². The molecule has 1 aliphatic heterocycles. The van der Waals surface area contributed by atoms with Crippen molar-refractivity contribution in [2.24, 2.45) is 0 Å². The van der Waals surface area contributed by atoms with Gasteiger partial charge in [-0.25, -0.2) is 4.98 Å². The molecular formula is C12H12ClN3O2S. The molecule has 5 nitrogen and oxygen atoms in total. The lowest BCUT2D eigenvalue weighted by molar-refractivity contribution is -0.146. The van der Waals surface area contributed by atoms with Crippen molar-refractivity contribution in [3.8, 4) is 0 Å². The van der Waals surface area contributed by atoms with E-state index in [9.17, 15) is 9.90 Å². The van der Waals surface area contributed by atoms with E-state index in [-0.39, 0.29) is 5.91 Å². The second-order valence-electron chi connectivity index (χ2n) is 4.87. The second-order valence-corrected chi connectivity index (χ2v) is 6.10. The maximum absolute atomic E-state index is 11.9. The van der Waals surface area contributed by atoms with Crippen LogP contribution in [0.15, 0.2) is 17.7 Å². The average molecular weight is 298 g/mol. The highest BCUT2D eigenvalue weighted by molar-refractivity contribution is 7.15. The van der Waals surface area contributed by atoms with Gasteiger partial charge in [-0.3, -0.25) is 9.20 Å². The molecule has 0 bridgehead atoms. The predicted octanol–water partition coefficient (Wildman–Crippen LogP) is 1.66. The summed E-state index contributed by atoms with van der Waals surface area (Å²) in [6.07, 6.45) is 4.98. The third kappa shape index (κ3) is 2.27. The van der Waals surface area contributed by atoms with Crippen LogP contribution in [0.5, 0.6) is 0 Å². The molecule has 1 N–H and O–H groups in total. The Labute approximate surface area is 118 Å². The number of amides is 1. The summed E-state index contributed by atoms with van der Waals surface area (Å²) in [5.41, 5.74) is -0.0585. The molecule has 3 heterocycles. The predicted molar refractivity (Wildman–Crippen MR) is 74.3 cm³/mol. The van der Waals surface area contributed by atoms with Gasteiger partial charge in [0.2, 0.25) is 5.91 Å². The van der Waals surface area contributed by atoms with Crippen LogP contribution < -0.4 is 0 Å². The number of rotatable bonds is 2. The number of nitrogens with zero attached hydrogens (tertiary/aromatic N) is 3. The fraction of sp³-hybridized carbons (Fsp3) is 0.333. The number of fused-ring (bicyclic) bond motifs is 1. The fourth-order valence-corrected chi connectivity index (χ4v) is 3.12. The molecule has 0 aromatic carbocycles. The number of imidazole rings is 1. The maximum Gasteiger partial charge on any atom is 0.246 e. The Morgan fingerprint density at radius 2 is 2.37 bits per heavy atom. The molecule has 7 heteroatoms. The Kier molecular flexibility index (Phi) is 2.88. The molecule has 0 aliphatic carbocycles. The number of thiazole rings is 1. The van der Waals surface area contributed by atoms with Gasteiger partial charge in [-0.1, -0.05) is 11.6 Å². The molecule has 0 spiro atoms. The lowest BCUT2D eigenvalue weighted by Gasteiger charge is -2.43. The zero-order valence-electron chi connectivity index (χ0n) is 10.2. The summed E-state index contributed by atoms with van der Waals surface area (Å²) in [5.74, 6) is -0.132. The van der Waals surface area contributed by atoms with Crippen molar-refractivity contribution in [3.05, 3.63) is 28.5 Å². The summed E-state index contributed by atoms with van der Waals surface area (Å²) in [5, 5.41) is 11.9. The number of carbonyl (C=O) groups is 1. The molecule has 0 atom stereocenters. The zero-order valence-corrected chi connectivity index (χ0v) is 11.8. The lowest BCUT2D eigenvalue weighted by atomic mass is 9.97. The van der Waals surface area contributed by atoms with Crippen molar-refractivity contribution < 1.29 is 9.90 Å². The van der Waals surface area contributed by atoms with Gasteiger partial charge < -0.3 is 10.0 Å². The first kappa shape index (κ1) is 12.7. The molecule has 1 fully saturated rings. The van der Waals surface area contributed by atoms with Crippen molar-refractivity contribution in [2.75, 3.05) is 13.1 Å². The largest absolute Gasteiger partial charge is 0.386 e. The number of aromatic nitrogens is 2. The van der Waals surface area contributed by atoms with Gasteiger partial charge in [0, 0.05) is 17.7 Å². The Morgan fingerprint density at radius 3 is 3.05 bits per heavy atom. The zero-order chi connectivity index (χ0) is 13.6. The van der Waals surface area contributed by atoms with Crippen LogP contribution in [0.3, 0.4) is 0 Å². The van der Waals surface area contributed by atoms with E-state index in [1.54, 1.807) is 17.9 Å². The Morgan fingerprint density at radius 1 is 1.63 bits per heavy atom.